The lowest BCUT2D eigenvalue weighted by molar-refractivity contribution is -0.384. The van der Waals surface area contributed by atoms with E-state index in [1.807, 2.05) is 0 Å². The van der Waals surface area contributed by atoms with E-state index < -0.39 is 4.92 Å². The van der Waals surface area contributed by atoms with E-state index in [-0.39, 0.29) is 5.69 Å². The number of benzene rings is 1. The second-order valence-electron chi connectivity index (χ2n) is 3.85. The van der Waals surface area contributed by atoms with E-state index in [0.717, 1.165) is 0 Å². The first-order valence-electron chi connectivity index (χ1n) is 5.47. The number of hydrogen-bond acceptors (Lipinski definition) is 6. The Labute approximate surface area is 109 Å². The van der Waals surface area contributed by atoms with E-state index in [9.17, 15) is 10.1 Å². The third-order valence-electron chi connectivity index (χ3n) is 2.41. The van der Waals surface area contributed by atoms with Crippen molar-refractivity contribution >= 4 is 11.5 Å². The van der Waals surface area contributed by atoms with E-state index in [4.69, 9.17) is 10.5 Å². The van der Waals surface area contributed by atoms with Crippen LogP contribution in [0.3, 0.4) is 0 Å². The van der Waals surface area contributed by atoms with Crippen molar-refractivity contribution in [3.8, 4) is 11.4 Å². The van der Waals surface area contributed by atoms with Crippen LogP contribution in [0.5, 0.6) is 0 Å². The Bertz CT molecular complexity index is 616. The summed E-state index contributed by atoms with van der Waals surface area (Å²) in [5, 5.41) is 10.7. The van der Waals surface area contributed by atoms with Gasteiger partial charge in [0.1, 0.15) is 5.82 Å². The van der Waals surface area contributed by atoms with Crippen molar-refractivity contribution in [1.29, 1.82) is 0 Å². The molecule has 0 bridgehead atoms. The third-order valence-corrected chi connectivity index (χ3v) is 2.41. The summed E-state index contributed by atoms with van der Waals surface area (Å²) in [6.07, 6.45) is 0. The SMILES string of the molecule is COCc1cc(N)nc(-c2cccc([N+](=O)[O-])c2)n1. The molecule has 0 unspecified atom stereocenters. The molecule has 2 aromatic rings. The van der Waals surface area contributed by atoms with Gasteiger partial charge in [-0.15, -0.1) is 0 Å². The summed E-state index contributed by atoms with van der Waals surface area (Å²) >= 11 is 0. The Hall–Kier alpha value is -2.54. The Morgan fingerprint density at radius 3 is 2.84 bits per heavy atom. The molecular formula is C12H12N4O3. The topological polar surface area (TPSA) is 104 Å². The second kappa shape index (κ2) is 5.40. The highest BCUT2D eigenvalue weighted by Gasteiger charge is 2.10. The number of nitro benzene ring substituents is 1. The quantitative estimate of drug-likeness (QED) is 0.663. The average Bonchev–Trinajstić information content (AvgIpc) is 2.38. The average molecular weight is 260 g/mol. The summed E-state index contributed by atoms with van der Waals surface area (Å²) in [6, 6.07) is 7.69. The van der Waals surface area contributed by atoms with Crippen LogP contribution in [0.15, 0.2) is 30.3 Å². The monoisotopic (exact) mass is 260 g/mol. The van der Waals surface area contributed by atoms with E-state index in [0.29, 0.717) is 29.5 Å². The fourth-order valence-electron chi connectivity index (χ4n) is 1.63. The number of ether oxygens (including phenoxy) is 1. The second-order valence-corrected chi connectivity index (χ2v) is 3.85. The van der Waals surface area contributed by atoms with Crippen LogP contribution in [-0.2, 0) is 11.3 Å². The van der Waals surface area contributed by atoms with Crippen molar-refractivity contribution in [3.63, 3.8) is 0 Å². The highest BCUT2D eigenvalue weighted by atomic mass is 16.6. The molecule has 0 saturated carbocycles. The third kappa shape index (κ3) is 3.02. The highest BCUT2D eigenvalue weighted by molar-refractivity contribution is 5.60. The molecule has 7 heteroatoms. The van der Waals surface area contributed by atoms with E-state index in [2.05, 4.69) is 9.97 Å². The highest BCUT2D eigenvalue weighted by Crippen LogP contribution is 2.22. The van der Waals surface area contributed by atoms with Gasteiger partial charge in [-0.05, 0) is 0 Å². The van der Waals surface area contributed by atoms with Crippen LogP contribution >= 0.6 is 0 Å². The lowest BCUT2D eigenvalue weighted by atomic mass is 10.2. The summed E-state index contributed by atoms with van der Waals surface area (Å²) in [5.74, 6) is 0.638. The summed E-state index contributed by atoms with van der Waals surface area (Å²) in [5.41, 5.74) is 6.83. The Kier molecular flexibility index (Phi) is 3.67. The van der Waals surface area contributed by atoms with Gasteiger partial charge in [-0.25, -0.2) is 9.97 Å². The predicted octanol–water partition coefficient (Wildman–Crippen LogP) is 1.78. The van der Waals surface area contributed by atoms with Crippen LogP contribution in [0.25, 0.3) is 11.4 Å². The molecule has 98 valence electrons. The van der Waals surface area contributed by atoms with Crippen molar-refractivity contribution in [1.82, 2.24) is 9.97 Å². The van der Waals surface area contributed by atoms with Crippen LogP contribution in [0.1, 0.15) is 5.69 Å². The zero-order valence-electron chi connectivity index (χ0n) is 10.2. The minimum absolute atomic E-state index is 0.0168. The molecule has 1 heterocycles. The first kappa shape index (κ1) is 12.9. The van der Waals surface area contributed by atoms with Gasteiger partial charge in [0.15, 0.2) is 5.82 Å². The van der Waals surface area contributed by atoms with E-state index in [1.165, 1.54) is 12.1 Å². The molecular weight excluding hydrogens is 248 g/mol. The molecule has 0 aliphatic rings. The fraction of sp³-hybridized carbons (Fsp3) is 0.167. The Morgan fingerprint density at radius 2 is 2.16 bits per heavy atom. The lowest BCUT2D eigenvalue weighted by Gasteiger charge is -2.05. The summed E-state index contributed by atoms with van der Waals surface area (Å²) in [6.45, 7) is 0.300. The zero-order valence-corrected chi connectivity index (χ0v) is 10.2. The van der Waals surface area contributed by atoms with Crippen molar-refractivity contribution < 1.29 is 9.66 Å². The van der Waals surface area contributed by atoms with Crippen LogP contribution in [-0.4, -0.2) is 22.0 Å². The van der Waals surface area contributed by atoms with Crippen LogP contribution < -0.4 is 5.73 Å². The number of nitro groups is 1. The lowest BCUT2D eigenvalue weighted by Crippen LogP contribution is -2.01. The van der Waals surface area contributed by atoms with Gasteiger partial charge in [-0.2, -0.15) is 0 Å². The molecule has 19 heavy (non-hydrogen) atoms. The number of hydrogen-bond donors (Lipinski definition) is 1. The molecule has 0 amide bonds. The van der Waals surface area contributed by atoms with Crippen molar-refractivity contribution in [2.45, 2.75) is 6.61 Å². The van der Waals surface area contributed by atoms with Gasteiger partial charge in [0.2, 0.25) is 0 Å². The number of aromatic nitrogens is 2. The number of anilines is 1. The fourth-order valence-corrected chi connectivity index (χ4v) is 1.63. The molecule has 0 radical (unpaired) electrons. The van der Waals surface area contributed by atoms with Gasteiger partial charge in [0, 0.05) is 30.9 Å². The van der Waals surface area contributed by atoms with E-state index >= 15 is 0 Å². The van der Waals surface area contributed by atoms with Crippen molar-refractivity contribution in [2.24, 2.45) is 0 Å². The molecule has 0 fully saturated rings. The molecule has 0 saturated heterocycles. The molecule has 1 aromatic heterocycles. The van der Waals surface area contributed by atoms with Gasteiger partial charge < -0.3 is 10.5 Å². The number of nitrogen functional groups attached to an aromatic ring is 1. The van der Waals surface area contributed by atoms with Gasteiger partial charge in [0.25, 0.3) is 5.69 Å². The zero-order chi connectivity index (χ0) is 13.8. The molecule has 7 nitrogen and oxygen atoms in total. The summed E-state index contributed by atoms with van der Waals surface area (Å²) in [7, 11) is 1.55. The molecule has 0 spiro atoms. The molecule has 0 aliphatic heterocycles. The minimum Gasteiger partial charge on any atom is -0.384 e. The normalized spacial score (nSPS) is 10.4. The molecule has 2 N–H and O–H groups in total. The summed E-state index contributed by atoms with van der Waals surface area (Å²) in [4.78, 5) is 18.6. The van der Waals surface area contributed by atoms with Gasteiger partial charge in [0.05, 0.1) is 17.2 Å². The van der Waals surface area contributed by atoms with Crippen LogP contribution in [0.4, 0.5) is 11.5 Å². The Morgan fingerprint density at radius 1 is 1.37 bits per heavy atom. The predicted molar refractivity (Wildman–Crippen MR) is 69.2 cm³/mol. The van der Waals surface area contributed by atoms with Gasteiger partial charge in [-0.3, -0.25) is 10.1 Å². The summed E-state index contributed by atoms with van der Waals surface area (Å²) < 4.78 is 4.98. The maximum atomic E-state index is 10.7. The van der Waals surface area contributed by atoms with Crippen molar-refractivity contribution in [3.05, 3.63) is 46.1 Å². The maximum Gasteiger partial charge on any atom is 0.270 e. The first-order chi connectivity index (χ1) is 9.10. The number of nitrogens with zero attached hydrogens (tertiary/aromatic N) is 3. The number of nitrogens with two attached hydrogens (primary N) is 1. The molecule has 1 aromatic carbocycles. The van der Waals surface area contributed by atoms with Crippen LogP contribution in [0.2, 0.25) is 0 Å². The smallest absolute Gasteiger partial charge is 0.270 e. The molecule has 0 atom stereocenters. The molecule has 0 aliphatic carbocycles. The van der Waals surface area contributed by atoms with E-state index in [1.54, 1.807) is 25.3 Å². The first-order valence-corrected chi connectivity index (χ1v) is 5.47. The molecule has 2 rings (SSSR count). The number of rotatable bonds is 4. The number of non-ortho nitro benzene ring substituents is 1. The van der Waals surface area contributed by atoms with Gasteiger partial charge >= 0.3 is 0 Å². The van der Waals surface area contributed by atoms with Crippen molar-refractivity contribution in [2.75, 3.05) is 12.8 Å². The van der Waals surface area contributed by atoms with Crippen LogP contribution in [0, 0.1) is 10.1 Å². The maximum absolute atomic E-state index is 10.7. The standard InChI is InChI=1S/C12H12N4O3/c1-19-7-9-6-11(13)15-12(14-9)8-3-2-4-10(5-8)16(17)18/h2-6H,7H2,1H3,(H2,13,14,15). The minimum atomic E-state index is -0.466. The Balaban J connectivity index is 2.46. The largest absolute Gasteiger partial charge is 0.384 e. The van der Waals surface area contributed by atoms with Gasteiger partial charge in [-0.1, -0.05) is 12.1 Å². The number of methoxy groups -OCH3 is 1.